The van der Waals surface area contributed by atoms with Gasteiger partial charge in [-0.15, -0.1) is 0 Å². The minimum atomic E-state index is -0.826. The Kier molecular flexibility index (Phi) is 54.9. The maximum Gasteiger partial charge on any atom is 0.306 e. The van der Waals surface area contributed by atoms with Crippen LogP contribution in [0.5, 0.6) is 0 Å². The van der Waals surface area contributed by atoms with Crippen molar-refractivity contribution >= 4 is 17.9 Å². The predicted octanol–water partition coefficient (Wildman–Crippen LogP) is 19.6. The van der Waals surface area contributed by atoms with E-state index in [1.54, 1.807) is 0 Å². The van der Waals surface area contributed by atoms with E-state index in [1.165, 1.54) is 103 Å². The van der Waals surface area contributed by atoms with Crippen LogP contribution in [0.2, 0.25) is 0 Å². The molecule has 0 bridgehead atoms. The zero-order valence-electron chi connectivity index (χ0n) is 45.9. The van der Waals surface area contributed by atoms with Gasteiger partial charge in [0, 0.05) is 19.3 Å². The Morgan fingerprint density at radius 3 is 0.986 bits per heavy atom. The first-order chi connectivity index (χ1) is 35.0. The molecule has 402 valence electrons. The second-order valence-electron chi connectivity index (χ2n) is 18.8. The number of hydrogen-bond acceptors (Lipinski definition) is 6. The molecule has 0 aliphatic heterocycles. The molecule has 6 heteroatoms. The van der Waals surface area contributed by atoms with E-state index >= 15 is 0 Å². The highest BCUT2D eigenvalue weighted by Crippen LogP contribution is 2.13. The summed E-state index contributed by atoms with van der Waals surface area (Å²) in [6.45, 7) is 6.41. The van der Waals surface area contributed by atoms with E-state index in [9.17, 15) is 14.4 Å². The second-order valence-corrected chi connectivity index (χ2v) is 18.8. The SMILES string of the molecule is CC/C=C\C/C=C\C/C=C\C/C=C\C/C=C\C/C=C\CCC(=O)OC[C@H](COC(=O)CCCCCCCCC/C=C\CCCCCCCC)OC(=O)CCCCCC/C=C\C/C=C\C/C=C\CCCCC. The number of allylic oxidation sites excluding steroid dienone is 20. The van der Waals surface area contributed by atoms with Crippen LogP contribution in [-0.4, -0.2) is 37.2 Å². The molecule has 0 saturated heterocycles. The first-order valence-corrected chi connectivity index (χ1v) is 29.0. The van der Waals surface area contributed by atoms with Gasteiger partial charge in [0.05, 0.1) is 0 Å². The minimum absolute atomic E-state index is 0.115. The van der Waals surface area contributed by atoms with Crippen LogP contribution in [0.25, 0.3) is 0 Å². The van der Waals surface area contributed by atoms with Gasteiger partial charge < -0.3 is 14.2 Å². The van der Waals surface area contributed by atoms with Gasteiger partial charge in [0.1, 0.15) is 13.2 Å². The van der Waals surface area contributed by atoms with Crippen molar-refractivity contribution in [1.82, 2.24) is 0 Å². The van der Waals surface area contributed by atoms with Crippen LogP contribution in [0.15, 0.2) is 122 Å². The summed E-state index contributed by atoms with van der Waals surface area (Å²) >= 11 is 0. The van der Waals surface area contributed by atoms with Gasteiger partial charge in [-0.3, -0.25) is 14.4 Å². The molecule has 0 aromatic rings. The largest absolute Gasteiger partial charge is 0.462 e. The molecule has 1 atom stereocenters. The van der Waals surface area contributed by atoms with E-state index in [-0.39, 0.29) is 44.0 Å². The fourth-order valence-corrected chi connectivity index (χ4v) is 7.59. The van der Waals surface area contributed by atoms with Gasteiger partial charge in [-0.05, 0) is 122 Å². The predicted molar refractivity (Wildman–Crippen MR) is 306 cm³/mol. The zero-order chi connectivity index (χ0) is 51.4. The maximum absolute atomic E-state index is 12.9. The number of rotatable bonds is 51. The van der Waals surface area contributed by atoms with Gasteiger partial charge in [-0.2, -0.15) is 0 Å². The molecule has 0 heterocycles. The average Bonchev–Trinajstić information content (AvgIpc) is 3.37. The second kappa shape index (κ2) is 58.4. The summed E-state index contributed by atoms with van der Waals surface area (Å²) in [5.74, 6) is -1.03. The van der Waals surface area contributed by atoms with Crippen LogP contribution in [0.3, 0.4) is 0 Å². The smallest absolute Gasteiger partial charge is 0.306 e. The number of esters is 3. The quantitative estimate of drug-likeness (QED) is 0.0261. The molecule has 71 heavy (non-hydrogen) atoms. The van der Waals surface area contributed by atoms with Gasteiger partial charge in [-0.25, -0.2) is 0 Å². The van der Waals surface area contributed by atoms with Crippen molar-refractivity contribution in [2.75, 3.05) is 13.2 Å². The normalized spacial score (nSPS) is 13.0. The number of hydrogen-bond donors (Lipinski definition) is 0. The number of ether oxygens (including phenoxy) is 3. The highest BCUT2D eigenvalue weighted by molar-refractivity contribution is 5.71. The van der Waals surface area contributed by atoms with Crippen molar-refractivity contribution in [1.29, 1.82) is 0 Å². The summed E-state index contributed by atoms with van der Waals surface area (Å²) in [4.78, 5) is 38.2. The Morgan fingerprint density at radius 2 is 0.577 bits per heavy atom. The summed E-state index contributed by atoms with van der Waals surface area (Å²) in [5.41, 5.74) is 0. The lowest BCUT2D eigenvalue weighted by atomic mass is 10.1. The summed E-state index contributed by atoms with van der Waals surface area (Å²) in [6.07, 6.45) is 80.5. The first kappa shape index (κ1) is 66.8. The van der Waals surface area contributed by atoms with Gasteiger partial charge in [0.25, 0.3) is 0 Å². The lowest BCUT2D eigenvalue weighted by Crippen LogP contribution is -2.30. The molecule has 0 aromatic heterocycles. The lowest BCUT2D eigenvalue weighted by Gasteiger charge is -2.18. The number of carbonyl (C=O) groups is 3. The van der Waals surface area contributed by atoms with Gasteiger partial charge in [-0.1, -0.05) is 232 Å². The fourth-order valence-electron chi connectivity index (χ4n) is 7.59. The standard InChI is InChI=1S/C65H106O6/c1-4-7-10-13-16-19-22-25-28-31-32-35-37-40-43-46-49-52-55-58-64(67)70-61-62(71-65(68)59-56-53-50-47-44-41-38-34-30-27-24-21-18-15-12-9-6-3)60-69-63(66)57-54-51-48-45-42-39-36-33-29-26-23-20-17-14-11-8-5-2/h7,10,16,18-19,21,25-30,32,35,38,40-41,43,49,52,62H,4-6,8-9,11-15,17,20,22-24,31,33-34,36-37,39,42,44-48,50-51,53-61H2,1-3H3/b10-7-,19-16-,21-18-,28-25-,29-26-,30-27-,35-32-,41-38-,43-40-,52-49-/t62-/m0/s1. The molecule has 0 saturated carbocycles. The van der Waals surface area contributed by atoms with E-state index in [2.05, 4.69) is 136 Å². The van der Waals surface area contributed by atoms with E-state index in [1.807, 2.05) is 6.08 Å². The van der Waals surface area contributed by atoms with E-state index in [4.69, 9.17) is 14.2 Å². The lowest BCUT2D eigenvalue weighted by molar-refractivity contribution is -0.166. The van der Waals surface area contributed by atoms with Crippen LogP contribution in [0.4, 0.5) is 0 Å². The van der Waals surface area contributed by atoms with E-state index < -0.39 is 6.10 Å². The third-order valence-corrected chi connectivity index (χ3v) is 11.9. The summed E-state index contributed by atoms with van der Waals surface area (Å²) < 4.78 is 16.8. The first-order valence-electron chi connectivity index (χ1n) is 29.0. The third-order valence-electron chi connectivity index (χ3n) is 11.9. The molecule has 0 amide bonds. The molecule has 0 rings (SSSR count). The van der Waals surface area contributed by atoms with Crippen LogP contribution < -0.4 is 0 Å². The topological polar surface area (TPSA) is 78.9 Å². The van der Waals surface area contributed by atoms with Gasteiger partial charge in [0.15, 0.2) is 6.10 Å². The van der Waals surface area contributed by atoms with Crippen molar-refractivity contribution in [3.8, 4) is 0 Å². The molecule has 0 radical (unpaired) electrons. The molecule has 6 nitrogen and oxygen atoms in total. The summed E-state index contributed by atoms with van der Waals surface area (Å²) in [6, 6.07) is 0. The highest BCUT2D eigenvalue weighted by Gasteiger charge is 2.19. The van der Waals surface area contributed by atoms with Crippen molar-refractivity contribution in [3.05, 3.63) is 122 Å². The average molecular weight is 984 g/mol. The van der Waals surface area contributed by atoms with Crippen molar-refractivity contribution in [2.45, 2.75) is 258 Å². The zero-order valence-corrected chi connectivity index (χ0v) is 45.9. The number of unbranched alkanes of at least 4 members (excludes halogenated alkanes) is 20. The van der Waals surface area contributed by atoms with Crippen molar-refractivity contribution in [2.24, 2.45) is 0 Å². The van der Waals surface area contributed by atoms with Crippen LogP contribution in [-0.2, 0) is 28.6 Å². The molecule has 0 aromatic carbocycles. The van der Waals surface area contributed by atoms with Crippen LogP contribution in [0.1, 0.15) is 252 Å². The Hall–Kier alpha value is -4.19. The monoisotopic (exact) mass is 983 g/mol. The van der Waals surface area contributed by atoms with Crippen LogP contribution in [0, 0.1) is 0 Å². The van der Waals surface area contributed by atoms with Gasteiger partial charge in [0.2, 0.25) is 0 Å². The minimum Gasteiger partial charge on any atom is -0.462 e. The van der Waals surface area contributed by atoms with Crippen molar-refractivity contribution in [3.63, 3.8) is 0 Å². The van der Waals surface area contributed by atoms with Crippen LogP contribution >= 0.6 is 0 Å². The molecule has 0 N–H and O–H groups in total. The number of carbonyl (C=O) groups excluding carboxylic acids is 3. The highest BCUT2D eigenvalue weighted by atomic mass is 16.6. The third kappa shape index (κ3) is 56.6. The fraction of sp³-hybridized carbons (Fsp3) is 0.646. The molecule has 0 fully saturated rings. The Balaban J connectivity index is 4.56. The molecular formula is C65H106O6. The maximum atomic E-state index is 12.9. The Morgan fingerprint density at radius 1 is 0.296 bits per heavy atom. The van der Waals surface area contributed by atoms with Gasteiger partial charge >= 0.3 is 17.9 Å². The summed E-state index contributed by atoms with van der Waals surface area (Å²) in [5, 5.41) is 0. The van der Waals surface area contributed by atoms with E-state index in [0.717, 1.165) is 103 Å². The van der Waals surface area contributed by atoms with E-state index in [0.29, 0.717) is 12.8 Å². The molecular weight excluding hydrogens is 877 g/mol. The molecule has 0 aliphatic rings. The molecule has 0 spiro atoms. The molecule has 0 unspecified atom stereocenters. The Bertz CT molecular complexity index is 1500. The Labute approximate surface area is 437 Å². The molecule has 0 aliphatic carbocycles. The van der Waals surface area contributed by atoms with Crippen molar-refractivity contribution < 1.29 is 28.6 Å². The summed E-state index contributed by atoms with van der Waals surface area (Å²) in [7, 11) is 0.